The van der Waals surface area contributed by atoms with E-state index in [-0.39, 0.29) is 6.10 Å². The third-order valence-electron chi connectivity index (χ3n) is 2.15. The highest BCUT2D eigenvalue weighted by Crippen LogP contribution is 2.29. The van der Waals surface area contributed by atoms with Gasteiger partial charge in [0.15, 0.2) is 0 Å². The molecule has 1 nitrogen and oxygen atoms in total. The van der Waals surface area contributed by atoms with Crippen molar-refractivity contribution in [2.45, 2.75) is 18.7 Å². The molecule has 1 aliphatic heterocycles. The Morgan fingerprint density at radius 3 is 2.21 bits per heavy atom. The molecular weight excluding hydrogens is 193 g/mol. The molecule has 0 bridgehead atoms. The van der Waals surface area contributed by atoms with Crippen molar-refractivity contribution in [1.29, 1.82) is 0 Å². The van der Waals surface area contributed by atoms with Gasteiger partial charge in [0.1, 0.15) is 0 Å². The smallest absolute Gasteiger partial charge is 0.373 e. The number of benzene rings is 1. The molecule has 1 aromatic carbocycles. The van der Waals surface area contributed by atoms with E-state index in [1.54, 1.807) is 0 Å². The molecular formula is C10H9F3O. The average molecular weight is 202 g/mol. The Labute approximate surface area is 79.5 Å². The first-order valence-electron chi connectivity index (χ1n) is 4.33. The molecule has 0 amide bonds. The molecule has 0 saturated carbocycles. The topological polar surface area (TPSA) is 12.5 Å². The molecule has 76 valence electrons. The summed E-state index contributed by atoms with van der Waals surface area (Å²) in [7, 11) is 0. The van der Waals surface area contributed by atoms with Crippen molar-refractivity contribution < 1.29 is 17.9 Å². The molecule has 0 N–H and O–H groups in total. The van der Waals surface area contributed by atoms with E-state index in [4.69, 9.17) is 4.74 Å². The number of alkyl halides is 3. The first-order chi connectivity index (χ1) is 6.55. The Morgan fingerprint density at radius 1 is 1.21 bits per heavy atom. The maximum Gasteiger partial charge on any atom is 0.416 e. The third-order valence-corrected chi connectivity index (χ3v) is 2.15. The van der Waals surface area contributed by atoms with Crippen LogP contribution in [0.1, 0.15) is 11.1 Å². The Hall–Kier alpha value is -1.03. The molecule has 0 aromatic heterocycles. The van der Waals surface area contributed by atoms with E-state index >= 15 is 0 Å². The molecule has 1 atom stereocenters. The van der Waals surface area contributed by atoms with E-state index in [9.17, 15) is 13.2 Å². The van der Waals surface area contributed by atoms with Crippen LogP contribution in [-0.2, 0) is 17.3 Å². The molecule has 0 radical (unpaired) electrons. The van der Waals surface area contributed by atoms with Gasteiger partial charge in [0, 0.05) is 6.42 Å². The highest BCUT2D eigenvalue weighted by Gasteiger charge is 2.30. The molecule has 1 fully saturated rings. The van der Waals surface area contributed by atoms with Gasteiger partial charge in [-0.2, -0.15) is 13.2 Å². The van der Waals surface area contributed by atoms with E-state index in [1.807, 2.05) is 0 Å². The minimum Gasteiger partial charge on any atom is -0.373 e. The molecule has 1 heterocycles. The molecule has 0 unspecified atom stereocenters. The Morgan fingerprint density at radius 2 is 1.79 bits per heavy atom. The summed E-state index contributed by atoms with van der Waals surface area (Å²) in [6.07, 6.45) is -3.32. The van der Waals surface area contributed by atoms with Crippen LogP contribution in [0, 0.1) is 0 Å². The van der Waals surface area contributed by atoms with Crippen molar-refractivity contribution in [3.63, 3.8) is 0 Å². The number of halogens is 3. The quantitative estimate of drug-likeness (QED) is 0.671. The van der Waals surface area contributed by atoms with Crippen molar-refractivity contribution >= 4 is 0 Å². The van der Waals surface area contributed by atoms with Crippen LogP contribution in [0.15, 0.2) is 24.3 Å². The molecule has 1 aliphatic rings. The van der Waals surface area contributed by atoms with E-state index < -0.39 is 11.7 Å². The van der Waals surface area contributed by atoms with E-state index in [2.05, 4.69) is 0 Å². The van der Waals surface area contributed by atoms with Crippen LogP contribution in [0.2, 0.25) is 0 Å². The normalized spacial score (nSPS) is 20.9. The van der Waals surface area contributed by atoms with Crippen molar-refractivity contribution in [2.24, 2.45) is 0 Å². The van der Waals surface area contributed by atoms with Gasteiger partial charge in [0.05, 0.1) is 18.3 Å². The summed E-state index contributed by atoms with van der Waals surface area (Å²) in [4.78, 5) is 0. The fourth-order valence-corrected chi connectivity index (χ4v) is 1.28. The molecule has 0 spiro atoms. The molecule has 14 heavy (non-hydrogen) atoms. The lowest BCUT2D eigenvalue weighted by Gasteiger charge is -2.06. The number of epoxide rings is 1. The van der Waals surface area contributed by atoms with Gasteiger partial charge >= 0.3 is 6.18 Å². The second-order valence-electron chi connectivity index (χ2n) is 3.35. The lowest BCUT2D eigenvalue weighted by atomic mass is 10.1. The Bertz CT molecular complexity index is 311. The minimum absolute atomic E-state index is 0.215. The van der Waals surface area contributed by atoms with Gasteiger partial charge in [0.2, 0.25) is 0 Å². The molecule has 1 aromatic rings. The Kier molecular flexibility index (Phi) is 2.23. The van der Waals surface area contributed by atoms with Gasteiger partial charge in [-0.05, 0) is 17.7 Å². The number of ether oxygens (including phenoxy) is 1. The van der Waals surface area contributed by atoms with Crippen LogP contribution in [-0.4, -0.2) is 12.7 Å². The molecule has 0 aliphatic carbocycles. The second-order valence-corrected chi connectivity index (χ2v) is 3.35. The number of hydrogen-bond acceptors (Lipinski definition) is 1. The van der Waals surface area contributed by atoms with E-state index in [1.165, 1.54) is 12.1 Å². The van der Waals surface area contributed by atoms with Gasteiger partial charge in [0.25, 0.3) is 0 Å². The van der Waals surface area contributed by atoms with Gasteiger partial charge in [-0.15, -0.1) is 0 Å². The summed E-state index contributed by atoms with van der Waals surface area (Å²) >= 11 is 0. The zero-order valence-corrected chi connectivity index (χ0v) is 7.34. The van der Waals surface area contributed by atoms with E-state index in [0.717, 1.165) is 24.3 Å². The predicted octanol–water partition coefficient (Wildman–Crippen LogP) is 2.65. The highest BCUT2D eigenvalue weighted by molar-refractivity contribution is 5.25. The lowest BCUT2D eigenvalue weighted by molar-refractivity contribution is -0.137. The maximum absolute atomic E-state index is 12.2. The summed E-state index contributed by atoms with van der Waals surface area (Å²) in [5, 5.41) is 0. The molecule has 4 heteroatoms. The van der Waals surface area contributed by atoms with Crippen molar-refractivity contribution in [2.75, 3.05) is 6.61 Å². The van der Waals surface area contributed by atoms with Crippen LogP contribution >= 0.6 is 0 Å². The van der Waals surface area contributed by atoms with Crippen LogP contribution < -0.4 is 0 Å². The third kappa shape index (κ3) is 2.26. The minimum atomic E-state index is -4.24. The fourth-order valence-electron chi connectivity index (χ4n) is 1.28. The monoisotopic (exact) mass is 202 g/mol. The van der Waals surface area contributed by atoms with Crippen molar-refractivity contribution in [1.82, 2.24) is 0 Å². The fraction of sp³-hybridized carbons (Fsp3) is 0.400. The zero-order valence-electron chi connectivity index (χ0n) is 7.34. The highest BCUT2D eigenvalue weighted by atomic mass is 19.4. The van der Waals surface area contributed by atoms with Crippen LogP contribution in [0.5, 0.6) is 0 Å². The van der Waals surface area contributed by atoms with Crippen molar-refractivity contribution in [3.05, 3.63) is 35.4 Å². The van der Waals surface area contributed by atoms with Gasteiger partial charge < -0.3 is 4.74 Å². The first-order valence-corrected chi connectivity index (χ1v) is 4.33. The molecule has 1 saturated heterocycles. The summed E-state index contributed by atoms with van der Waals surface area (Å²) in [6.45, 7) is 0.723. The number of hydrogen-bond donors (Lipinski definition) is 0. The van der Waals surface area contributed by atoms with E-state index in [0.29, 0.717) is 6.42 Å². The standard InChI is InChI=1S/C10H9F3O/c11-10(12,13)8-3-1-7(2-4-8)5-9-6-14-9/h1-4,9H,5-6H2/t9-/m1/s1. The maximum atomic E-state index is 12.2. The largest absolute Gasteiger partial charge is 0.416 e. The average Bonchev–Trinajstić information content (AvgIpc) is 2.88. The van der Waals surface area contributed by atoms with Gasteiger partial charge in [-0.1, -0.05) is 12.1 Å². The van der Waals surface area contributed by atoms with Gasteiger partial charge in [-0.25, -0.2) is 0 Å². The first kappa shape index (κ1) is 9.52. The van der Waals surface area contributed by atoms with Crippen LogP contribution in [0.4, 0.5) is 13.2 Å². The SMILES string of the molecule is FC(F)(F)c1ccc(C[C@@H]2CO2)cc1. The zero-order chi connectivity index (χ0) is 10.2. The second kappa shape index (κ2) is 3.28. The lowest BCUT2D eigenvalue weighted by Crippen LogP contribution is -2.04. The predicted molar refractivity (Wildman–Crippen MR) is 44.9 cm³/mol. The summed E-state index contributed by atoms with van der Waals surface area (Å²) in [6, 6.07) is 5.23. The van der Waals surface area contributed by atoms with Crippen LogP contribution in [0.25, 0.3) is 0 Å². The summed E-state index contributed by atoms with van der Waals surface area (Å²) < 4.78 is 41.5. The van der Waals surface area contributed by atoms with Crippen molar-refractivity contribution in [3.8, 4) is 0 Å². The molecule has 2 rings (SSSR count). The summed E-state index contributed by atoms with van der Waals surface area (Å²) in [5.74, 6) is 0. The van der Waals surface area contributed by atoms with Gasteiger partial charge in [-0.3, -0.25) is 0 Å². The summed E-state index contributed by atoms with van der Waals surface area (Å²) in [5.41, 5.74) is 0.290. The van der Waals surface area contributed by atoms with Crippen LogP contribution in [0.3, 0.4) is 0 Å². The Balaban J connectivity index is 2.08. The number of rotatable bonds is 2.